The molecule has 1 aliphatic rings. The van der Waals surface area contributed by atoms with E-state index in [2.05, 4.69) is 22.6 Å². The molecule has 1 unspecified atom stereocenters. The molecule has 1 atom stereocenters. The van der Waals surface area contributed by atoms with Gasteiger partial charge < -0.3 is 5.32 Å². The molecule has 0 aromatic carbocycles. The third-order valence-electron chi connectivity index (χ3n) is 3.08. The fourth-order valence-electron chi connectivity index (χ4n) is 2.09. The predicted molar refractivity (Wildman–Crippen MR) is 65.5 cm³/mol. The lowest BCUT2D eigenvalue weighted by Gasteiger charge is -2.22. The molecule has 2 nitrogen and oxygen atoms in total. The zero-order valence-corrected chi connectivity index (χ0v) is 10.3. The van der Waals surface area contributed by atoms with Gasteiger partial charge in [-0.1, -0.05) is 13.3 Å². The second kappa shape index (κ2) is 5.61. The maximum atomic E-state index is 4.60. The summed E-state index contributed by atoms with van der Waals surface area (Å²) >= 11 is 1.82. The van der Waals surface area contributed by atoms with Gasteiger partial charge >= 0.3 is 0 Å². The summed E-state index contributed by atoms with van der Waals surface area (Å²) < 4.78 is 0. The first kappa shape index (κ1) is 11.1. The number of aromatic nitrogens is 1. The molecule has 0 spiro atoms. The van der Waals surface area contributed by atoms with Crippen LogP contribution >= 0.6 is 11.3 Å². The summed E-state index contributed by atoms with van der Waals surface area (Å²) in [5.41, 5.74) is 1.26. The van der Waals surface area contributed by atoms with Gasteiger partial charge in [-0.25, -0.2) is 4.98 Å². The van der Waals surface area contributed by atoms with E-state index in [1.807, 2.05) is 11.3 Å². The van der Waals surface area contributed by atoms with Crippen LogP contribution in [0.3, 0.4) is 0 Å². The summed E-state index contributed by atoms with van der Waals surface area (Å²) in [6.45, 7) is 3.38. The van der Waals surface area contributed by atoms with Crippen molar-refractivity contribution in [1.82, 2.24) is 10.3 Å². The van der Waals surface area contributed by atoms with Gasteiger partial charge in [0.15, 0.2) is 0 Å². The molecule has 2 heterocycles. The van der Waals surface area contributed by atoms with Gasteiger partial charge in [-0.2, -0.15) is 0 Å². The van der Waals surface area contributed by atoms with E-state index in [1.165, 1.54) is 42.9 Å². The third kappa shape index (κ3) is 3.28. The molecule has 2 rings (SSSR count). The molecule has 0 amide bonds. The van der Waals surface area contributed by atoms with Gasteiger partial charge in [-0.15, -0.1) is 11.3 Å². The van der Waals surface area contributed by atoms with Gasteiger partial charge in [0.25, 0.3) is 0 Å². The molecule has 0 radical (unpaired) electrons. The number of hydrogen-bond donors (Lipinski definition) is 1. The first-order valence-corrected chi connectivity index (χ1v) is 6.93. The fourth-order valence-corrected chi connectivity index (χ4v) is 2.99. The van der Waals surface area contributed by atoms with Gasteiger partial charge in [-0.3, -0.25) is 0 Å². The standard InChI is InChI=1S/C12H20N2S/c1-2-10-9-15-12(14-10)7-6-11-5-3-4-8-13-11/h9,11,13H,2-8H2,1H3. The molecule has 3 heteroatoms. The Bertz CT molecular complexity index is 290. The average Bonchev–Trinajstić information content (AvgIpc) is 2.76. The number of nitrogens with zero attached hydrogens (tertiary/aromatic N) is 1. The van der Waals surface area contributed by atoms with Crippen molar-refractivity contribution in [2.45, 2.75) is 51.5 Å². The SMILES string of the molecule is CCc1csc(CCC2CCCCN2)n1. The third-order valence-corrected chi connectivity index (χ3v) is 4.04. The first-order valence-electron chi connectivity index (χ1n) is 6.05. The predicted octanol–water partition coefficient (Wildman–Crippen LogP) is 2.78. The van der Waals surface area contributed by atoms with Crippen LogP contribution < -0.4 is 5.32 Å². The summed E-state index contributed by atoms with van der Waals surface area (Å²) in [5.74, 6) is 0. The first-order chi connectivity index (χ1) is 7.38. The maximum Gasteiger partial charge on any atom is 0.0928 e. The maximum absolute atomic E-state index is 4.60. The lowest BCUT2D eigenvalue weighted by atomic mass is 10.0. The van der Waals surface area contributed by atoms with E-state index in [9.17, 15) is 0 Å². The number of hydrogen-bond acceptors (Lipinski definition) is 3. The fraction of sp³-hybridized carbons (Fsp3) is 0.750. The van der Waals surface area contributed by atoms with Crippen LogP contribution in [0.2, 0.25) is 0 Å². The van der Waals surface area contributed by atoms with Crippen LogP contribution in [-0.2, 0) is 12.8 Å². The monoisotopic (exact) mass is 224 g/mol. The van der Waals surface area contributed by atoms with E-state index in [-0.39, 0.29) is 0 Å². The van der Waals surface area contributed by atoms with Crippen molar-refractivity contribution in [3.63, 3.8) is 0 Å². The Hall–Kier alpha value is -0.410. The molecule has 15 heavy (non-hydrogen) atoms. The van der Waals surface area contributed by atoms with Gasteiger partial charge in [0.2, 0.25) is 0 Å². The number of thiazole rings is 1. The average molecular weight is 224 g/mol. The molecule has 1 aromatic heterocycles. The molecule has 0 saturated carbocycles. The molecule has 1 saturated heterocycles. The van der Waals surface area contributed by atoms with Crippen LogP contribution in [0.25, 0.3) is 0 Å². The molecule has 84 valence electrons. The zero-order valence-electron chi connectivity index (χ0n) is 9.46. The van der Waals surface area contributed by atoms with Gasteiger partial charge in [0, 0.05) is 17.8 Å². The van der Waals surface area contributed by atoms with Crippen LogP contribution in [-0.4, -0.2) is 17.6 Å². The molecule has 1 aromatic rings. The van der Waals surface area contributed by atoms with E-state index in [0.29, 0.717) is 0 Å². The van der Waals surface area contributed by atoms with Gasteiger partial charge in [0.05, 0.1) is 10.7 Å². The quantitative estimate of drug-likeness (QED) is 0.850. The van der Waals surface area contributed by atoms with Crippen molar-refractivity contribution in [2.75, 3.05) is 6.54 Å². The molecule has 1 fully saturated rings. The van der Waals surface area contributed by atoms with Crippen LogP contribution in [0.1, 0.15) is 43.3 Å². The lowest BCUT2D eigenvalue weighted by molar-refractivity contribution is 0.382. The Morgan fingerprint density at radius 2 is 2.47 bits per heavy atom. The van der Waals surface area contributed by atoms with Crippen LogP contribution in [0.5, 0.6) is 0 Å². The summed E-state index contributed by atoms with van der Waals surface area (Å²) in [7, 11) is 0. The summed E-state index contributed by atoms with van der Waals surface area (Å²) in [4.78, 5) is 4.60. The number of nitrogens with one attached hydrogen (secondary N) is 1. The molecular formula is C12H20N2S. The number of aryl methyl sites for hydroxylation is 2. The zero-order chi connectivity index (χ0) is 10.5. The van der Waals surface area contributed by atoms with E-state index in [0.717, 1.165) is 18.9 Å². The molecule has 0 bridgehead atoms. The highest BCUT2D eigenvalue weighted by Gasteiger charge is 2.12. The Labute approximate surface area is 96.1 Å². The minimum Gasteiger partial charge on any atom is -0.314 e. The van der Waals surface area contributed by atoms with Crippen LogP contribution in [0.15, 0.2) is 5.38 Å². The number of piperidine rings is 1. The largest absolute Gasteiger partial charge is 0.314 e. The topological polar surface area (TPSA) is 24.9 Å². The van der Waals surface area contributed by atoms with Crippen LogP contribution in [0, 0.1) is 0 Å². The molecule has 1 aliphatic heterocycles. The summed E-state index contributed by atoms with van der Waals surface area (Å²) in [6, 6.07) is 0.743. The second-order valence-electron chi connectivity index (χ2n) is 4.27. The van der Waals surface area contributed by atoms with Gasteiger partial charge in [-0.05, 0) is 32.2 Å². The lowest BCUT2D eigenvalue weighted by Crippen LogP contribution is -2.34. The van der Waals surface area contributed by atoms with Crippen molar-refractivity contribution in [1.29, 1.82) is 0 Å². The van der Waals surface area contributed by atoms with Crippen molar-refractivity contribution in [3.8, 4) is 0 Å². The Morgan fingerprint density at radius 1 is 1.53 bits per heavy atom. The highest BCUT2D eigenvalue weighted by atomic mass is 32.1. The smallest absolute Gasteiger partial charge is 0.0928 e. The van der Waals surface area contributed by atoms with Crippen LogP contribution in [0.4, 0.5) is 0 Å². The van der Waals surface area contributed by atoms with E-state index >= 15 is 0 Å². The summed E-state index contributed by atoms with van der Waals surface area (Å²) in [6.07, 6.45) is 7.59. The normalized spacial score (nSPS) is 21.8. The van der Waals surface area contributed by atoms with Crippen molar-refractivity contribution >= 4 is 11.3 Å². The van der Waals surface area contributed by atoms with Crippen molar-refractivity contribution < 1.29 is 0 Å². The van der Waals surface area contributed by atoms with E-state index in [1.54, 1.807) is 0 Å². The minimum absolute atomic E-state index is 0.743. The van der Waals surface area contributed by atoms with Gasteiger partial charge in [0.1, 0.15) is 0 Å². The highest BCUT2D eigenvalue weighted by molar-refractivity contribution is 7.09. The van der Waals surface area contributed by atoms with E-state index in [4.69, 9.17) is 0 Å². The second-order valence-corrected chi connectivity index (χ2v) is 5.21. The Kier molecular flexibility index (Phi) is 4.15. The molecular weight excluding hydrogens is 204 g/mol. The summed E-state index contributed by atoms with van der Waals surface area (Å²) in [5, 5.41) is 7.10. The Morgan fingerprint density at radius 3 is 3.13 bits per heavy atom. The Balaban J connectivity index is 1.76. The van der Waals surface area contributed by atoms with E-state index < -0.39 is 0 Å². The van der Waals surface area contributed by atoms with Crippen molar-refractivity contribution in [3.05, 3.63) is 16.1 Å². The molecule has 0 aliphatic carbocycles. The van der Waals surface area contributed by atoms with Crippen molar-refractivity contribution in [2.24, 2.45) is 0 Å². The molecule has 1 N–H and O–H groups in total. The number of rotatable bonds is 4. The highest BCUT2D eigenvalue weighted by Crippen LogP contribution is 2.16. The minimum atomic E-state index is 0.743.